The third-order valence-corrected chi connectivity index (χ3v) is 9.84. The minimum atomic E-state index is -0.844. The topological polar surface area (TPSA) is 167 Å². The summed E-state index contributed by atoms with van der Waals surface area (Å²) in [6.45, 7) is 4.66. The smallest absolute Gasteiger partial charge is 0.328 e. The van der Waals surface area contributed by atoms with Crippen molar-refractivity contribution in [2.24, 2.45) is 5.73 Å². The number of halogens is 1. The zero-order chi connectivity index (χ0) is 34.9. The van der Waals surface area contributed by atoms with Crippen LogP contribution in [0.1, 0.15) is 43.5 Å². The molecular formula is C35H34ClN7O4S2. The predicted molar refractivity (Wildman–Crippen MR) is 190 cm³/mol. The van der Waals surface area contributed by atoms with Gasteiger partial charge >= 0.3 is 5.97 Å². The Hall–Kier alpha value is -4.66. The molecule has 0 saturated carbocycles. The number of nitriles is 2. The SMILES string of the molecule is C[C@H](N)C(=O)N[C@@H](C)C(=O)OCCOc1ccc(-c2c(C#N)c(SCc3csc(-c4ccc(Cl)cc4)n3)nc(N3CCCC3)c2C#N)cc1. The Kier molecular flexibility index (Phi) is 12.1. The first-order valence-corrected chi connectivity index (χ1v) is 17.8. The van der Waals surface area contributed by atoms with Gasteiger partial charge in [0.25, 0.3) is 0 Å². The van der Waals surface area contributed by atoms with Gasteiger partial charge in [-0.05, 0) is 56.5 Å². The number of aromatic nitrogens is 2. The Labute approximate surface area is 298 Å². The second-order valence-electron chi connectivity index (χ2n) is 11.3. The van der Waals surface area contributed by atoms with Gasteiger partial charge < -0.3 is 25.4 Å². The molecule has 1 amide bonds. The fraction of sp³-hybridized carbons (Fsp3) is 0.314. The summed E-state index contributed by atoms with van der Waals surface area (Å²) < 4.78 is 11.0. The molecule has 0 spiro atoms. The van der Waals surface area contributed by atoms with E-state index in [0.29, 0.717) is 49.6 Å². The van der Waals surface area contributed by atoms with Gasteiger partial charge in [-0.1, -0.05) is 47.6 Å². The minimum Gasteiger partial charge on any atom is -0.490 e. The highest BCUT2D eigenvalue weighted by Gasteiger charge is 2.26. The lowest BCUT2D eigenvalue weighted by atomic mass is 9.96. The van der Waals surface area contributed by atoms with Gasteiger partial charge in [-0.3, -0.25) is 4.79 Å². The monoisotopic (exact) mass is 715 g/mol. The Morgan fingerprint density at radius 2 is 1.69 bits per heavy atom. The third kappa shape index (κ3) is 8.88. The normalized spacial score (nSPS) is 13.6. The third-order valence-electron chi connectivity index (χ3n) is 7.64. The lowest BCUT2D eigenvalue weighted by molar-refractivity contribution is -0.148. The number of thiazole rings is 1. The molecule has 0 aliphatic carbocycles. The number of hydrogen-bond acceptors (Lipinski definition) is 12. The second kappa shape index (κ2) is 16.6. The Bertz CT molecular complexity index is 1880. The first-order valence-electron chi connectivity index (χ1n) is 15.6. The lowest BCUT2D eigenvalue weighted by Gasteiger charge is -2.22. The number of ether oxygens (including phenoxy) is 2. The van der Waals surface area contributed by atoms with Gasteiger partial charge in [0.1, 0.15) is 58.6 Å². The molecule has 3 N–H and O–H groups in total. The van der Waals surface area contributed by atoms with Crippen molar-refractivity contribution in [1.29, 1.82) is 10.5 Å². The summed E-state index contributed by atoms with van der Waals surface area (Å²) in [5.74, 6) is 0.530. The summed E-state index contributed by atoms with van der Waals surface area (Å²) in [5.41, 5.74) is 9.23. The maximum absolute atomic E-state index is 12.2. The van der Waals surface area contributed by atoms with Crippen molar-refractivity contribution in [3.8, 4) is 39.6 Å². The van der Waals surface area contributed by atoms with E-state index in [2.05, 4.69) is 22.4 Å². The standard InChI is InChI=1S/C35H34ClN7O4S2/c1-21(39)32(44)40-22(2)35(45)47-16-15-46-27-11-7-23(8-12-27)30-28(17-37)31(43-13-3-4-14-43)42-34(29(30)18-38)49-20-26-19-48-33(41-26)24-5-9-25(36)10-6-24/h5-12,19,21-22H,3-4,13-16,20,39H2,1-2H3,(H,40,44)/t21-,22-/m0/s1. The van der Waals surface area contributed by atoms with Crippen LogP contribution in [0.5, 0.6) is 5.75 Å². The number of amides is 1. The van der Waals surface area contributed by atoms with E-state index in [1.807, 2.05) is 29.6 Å². The highest BCUT2D eigenvalue weighted by atomic mass is 35.5. The molecule has 2 aromatic carbocycles. The van der Waals surface area contributed by atoms with Crippen LogP contribution in [0.15, 0.2) is 58.9 Å². The van der Waals surface area contributed by atoms with Crippen molar-refractivity contribution >= 4 is 52.4 Å². The van der Waals surface area contributed by atoms with Crippen LogP contribution in [0.4, 0.5) is 5.82 Å². The zero-order valence-electron chi connectivity index (χ0n) is 26.9. The number of nitrogens with one attached hydrogen (secondary N) is 1. The molecule has 1 saturated heterocycles. The fourth-order valence-electron chi connectivity index (χ4n) is 5.10. The van der Waals surface area contributed by atoms with Crippen molar-refractivity contribution < 1.29 is 19.1 Å². The van der Waals surface area contributed by atoms with Crippen LogP contribution in [0.2, 0.25) is 5.02 Å². The molecule has 14 heteroatoms. The van der Waals surface area contributed by atoms with Gasteiger partial charge in [-0.2, -0.15) is 10.5 Å². The molecule has 4 aromatic rings. The van der Waals surface area contributed by atoms with Crippen LogP contribution in [0.3, 0.4) is 0 Å². The van der Waals surface area contributed by atoms with Crippen LogP contribution < -0.4 is 20.7 Å². The number of nitrogens with zero attached hydrogens (tertiary/aromatic N) is 5. The molecule has 2 atom stereocenters. The molecule has 5 rings (SSSR count). The first kappa shape index (κ1) is 35.6. The van der Waals surface area contributed by atoms with E-state index < -0.39 is 24.0 Å². The van der Waals surface area contributed by atoms with Crippen molar-refractivity contribution in [2.75, 3.05) is 31.2 Å². The van der Waals surface area contributed by atoms with E-state index in [-0.39, 0.29) is 13.2 Å². The fourth-order valence-corrected chi connectivity index (χ4v) is 7.03. The number of anilines is 1. The summed E-state index contributed by atoms with van der Waals surface area (Å²) in [4.78, 5) is 35.7. The molecule has 2 aromatic heterocycles. The van der Waals surface area contributed by atoms with Gasteiger partial charge in [-0.25, -0.2) is 14.8 Å². The maximum atomic E-state index is 12.2. The summed E-state index contributed by atoms with van der Waals surface area (Å²) in [6.07, 6.45) is 2.00. The van der Waals surface area contributed by atoms with E-state index in [0.717, 1.165) is 42.2 Å². The highest BCUT2D eigenvalue weighted by molar-refractivity contribution is 7.98. The number of esters is 1. The Balaban J connectivity index is 1.33. The summed E-state index contributed by atoms with van der Waals surface area (Å²) >= 11 is 9.00. The first-order chi connectivity index (χ1) is 23.7. The highest BCUT2D eigenvalue weighted by Crippen LogP contribution is 2.40. The van der Waals surface area contributed by atoms with Crippen LogP contribution >= 0.6 is 34.7 Å². The molecule has 11 nitrogen and oxygen atoms in total. The predicted octanol–water partition coefficient (Wildman–Crippen LogP) is 5.94. The molecule has 1 aliphatic heterocycles. The number of carbonyl (C=O) groups is 2. The molecule has 0 unspecified atom stereocenters. The van der Waals surface area contributed by atoms with Gasteiger partial charge in [-0.15, -0.1) is 11.3 Å². The summed E-state index contributed by atoms with van der Waals surface area (Å²) in [5, 5.41) is 27.4. The molecule has 1 fully saturated rings. The van der Waals surface area contributed by atoms with Gasteiger partial charge in [0, 0.05) is 40.4 Å². The van der Waals surface area contributed by atoms with E-state index in [9.17, 15) is 20.1 Å². The summed E-state index contributed by atoms with van der Waals surface area (Å²) in [6, 6.07) is 17.7. The molecule has 0 radical (unpaired) electrons. The molecular weight excluding hydrogens is 682 g/mol. The quantitative estimate of drug-likeness (QED) is 0.0956. The van der Waals surface area contributed by atoms with Gasteiger partial charge in [0.2, 0.25) is 5.91 Å². The number of carbonyl (C=O) groups excluding carboxylic acids is 2. The molecule has 3 heterocycles. The van der Waals surface area contributed by atoms with E-state index in [1.54, 1.807) is 24.3 Å². The van der Waals surface area contributed by atoms with Crippen molar-refractivity contribution in [3.05, 3.63) is 75.8 Å². The lowest BCUT2D eigenvalue weighted by Crippen LogP contribution is -2.46. The zero-order valence-corrected chi connectivity index (χ0v) is 29.3. The Morgan fingerprint density at radius 3 is 2.35 bits per heavy atom. The van der Waals surface area contributed by atoms with Crippen LogP contribution in [-0.2, 0) is 20.1 Å². The molecule has 0 bridgehead atoms. The maximum Gasteiger partial charge on any atom is 0.328 e. The number of rotatable bonds is 13. The van der Waals surface area contributed by atoms with Crippen LogP contribution in [-0.4, -0.2) is 60.2 Å². The molecule has 1 aliphatic rings. The van der Waals surface area contributed by atoms with Crippen LogP contribution in [0, 0.1) is 22.7 Å². The Morgan fingerprint density at radius 1 is 1.02 bits per heavy atom. The largest absolute Gasteiger partial charge is 0.490 e. The average Bonchev–Trinajstić information content (AvgIpc) is 3.82. The minimum absolute atomic E-state index is 0.0273. The summed E-state index contributed by atoms with van der Waals surface area (Å²) in [7, 11) is 0. The number of benzene rings is 2. The average molecular weight is 716 g/mol. The number of hydrogen-bond donors (Lipinski definition) is 2. The number of pyridine rings is 1. The van der Waals surface area contributed by atoms with Crippen molar-refractivity contribution in [3.63, 3.8) is 0 Å². The van der Waals surface area contributed by atoms with Gasteiger partial charge in [0.05, 0.1) is 17.3 Å². The van der Waals surface area contributed by atoms with E-state index in [1.165, 1.54) is 36.9 Å². The number of thioether (sulfide) groups is 1. The van der Waals surface area contributed by atoms with Crippen molar-refractivity contribution in [1.82, 2.24) is 15.3 Å². The van der Waals surface area contributed by atoms with Crippen molar-refractivity contribution in [2.45, 2.75) is 49.6 Å². The van der Waals surface area contributed by atoms with E-state index >= 15 is 0 Å². The van der Waals surface area contributed by atoms with Gasteiger partial charge in [0.15, 0.2) is 0 Å². The molecule has 252 valence electrons. The molecule has 49 heavy (non-hydrogen) atoms. The van der Waals surface area contributed by atoms with E-state index in [4.69, 9.17) is 36.8 Å². The number of nitrogens with two attached hydrogens (primary N) is 1. The van der Waals surface area contributed by atoms with Crippen LogP contribution in [0.25, 0.3) is 21.7 Å². The second-order valence-corrected chi connectivity index (χ2v) is 13.5.